The summed E-state index contributed by atoms with van der Waals surface area (Å²) in [6, 6.07) is 4.03. The average molecular weight is 317 g/mol. The first-order chi connectivity index (χ1) is 9.97. The molecule has 1 fully saturated rings. The maximum absolute atomic E-state index is 13.0. The largest absolute Gasteiger partial charge is 0.394 e. The van der Waals surface area contributed by atoms with E-state index in [2.05, 4.69) is 5.32 Å². The quantitative estimate of drug-likeness (QED) is 0.884. The number of aliphatic hydroxyl groups is 1. The maximum atomic E-state index is 13.0. The number of hydrogen-bond acceptors (Lipinski definition) is 4. The van der Waals surface area contributed by atoms with Crippen molar-refractivity contribution in [2.45, 2.75) is 19.1 Å². The van der Waals surface area contributed by atoms with Crippen LogP contribution in [0, 0.1) is 5.82 Å². The predicted octanol–water partition coefficient (Wildman–Crippen LogP) is 1.50. The minimum atomic E-state index is -0.526. The Morgan fingerprint density at radius 2 is 2.33 bits per heavy atom. The topological polar surface area (TPSA) is 61.8 Å². The van der Waals surface area contributed by atoms with Crippen LogP contribution in [0.3, 0.4) is 0 Å². The van der Waals surface area contributed by atoms with Crippen molar-refractivity contribution in [1.82, 2.24) is 4.90 Å². The number of hydrogen-bond donors (Lipinski definition) is 2. The van der Waals surface area contributed by atoms with Crippen molar-refractivity contribution in [3.8, 4) is 0 Å². The Labute approximate surface area is 127 Å². The normalized spacial score (nSPS) is 23.0. The molecule has 2 N–H and O–H groups in total. The summed E-state index contributed by atoms with van der Waals surface area (Å²) in [5.74, 6) is -0.745. The van der Waals surface area contributed by atoms with E-state index in [1.165, 1.54) is 18.2 Å². The van der Waals surface area contributed by atoms with Crippen LogP contribution < -0.4 is 5.32 Å². The highest BCUT2D eigenvalue weighted by Crippen LogP contribution is 2.19. The van der Waals surface area contributed by atoms with Gasteiger partial charge in [0.15, 0.2) is 0 Å². The summed E-state index contributed by atoms with van der Waals surface area (Å²) in [4.78, 5) is 13.9. The van der Waals surface area contributed by atoms with Gasteiger partial charge in [0.1, 0.15) is 5.82 Å². The van der Waals surface area contributed by atoms with Gasteiger partial charge in [-0.05, 0) is 25.1 Å². The zero-order valence-electron chi connectivity index (χ0n) is 11.7. The molecule has 1 aliphatic heterocycles. The molecule has 2 unspecified atom stereocenters. The fraction of sp³-hybridized carbons (Fsp3) is 0.500. The zero-order valence-corrected chi connectivity index (χ0v) is 12.4. The van der Waals surface area contributed by atoms with Crippen molar-refractivity contribution >= 4 is 23.2 Å². The monoisotopic (exact) mass is 316 g/mol. The van der Waals surface area contributed by atoms with Crippen molar-refractivity contribution in [1.29, 1.82) is 0 Å². The number of carbonyl (C=O) groups is 1. The summed E-state index contributed by atoms with van der Waals surface area (Å²) >= 11 is 5.67. The van der Waals surface area contributed by atoms with Gasteiger partial charge < -0.3 is 15.2 Å². The summed E-state index contributed by atoms with van der Waals surface area (Å²) in [7, 11) is 0. The standard InChI is InChI=1S/C14H18ClFN2O3/c1-9-5-18(6-11(8-19)21-9)7-14(20)17-10-2-3-13(16)12(15)4-10/h2-4,9,11,19H,5-8H2,1H3,(H,17,20). The van der Waals surface area contributed by atoms with Crippen LogP contribution in [0.5, 0.6) is 0 Å². The van der Waals surface area contributed by atoms with Crippen LogP contribution in [0.2, 0.25) is 5.02 Å². The van der Waals surface area contributed by atoms with Gasteiger partial charge in [-0.1, -0.05) is 11.6 Å². The van der Waals surface area contributed by atoms with E-state index >= 15 is 0 Å². The molecule has 1 aliphatic rings. The molecule has 5 nitrogen and oxygen atoms in total. The molecule has 1 aromatic rings. The zero-order chi connectivity index (χ0) is 15.4. The maximum Gasteiger partial charge on any atom is 0.238 e. The summed E-state index contributed by atoms with van der Waals surface area (Å²) < 4.78 is 18.6. The third-order valence-electron chi connectivity index (χ3n) is 3.18. The van der Waals surface area contributed by atoms with E-state index in [-0.39, 0.29) is 36.3 Å². The van der Waals surface area contributed by atoms with Crippen molar-refractivity contribution in [3.05, 3.63) is 29.0 Å². The van der Waals surface area contributed by atoms with Gasteiger partial charge in [-0.3, -0.25) is 9.69 Å². The number of benzene rings is 1. The lowest BCUT2D eigenvalue weighted by Gasteiger charge is -2.35. The molecule has 1 amide bonds. The number of nitrogens with one attached hydrogen (secondary N) is 1. The Hall–Kier alpha value is -1.21. The smallest absolute Gasteiger partial charge is 0.238 e. The minimum absolute atomic E-state index is 0.0341. The van der Waals surface area contributed by atoms with Gasteiger partial charge in [-0.15, -0.1) is 0 Å². The molecule has 1 saturated heterocycles. The Bertz CT molecular complexity index is 515. The first-order valence-corrected chi connectivity index (χ1v) is 7.09. The number of morpholine rings is 1. The van der Waals surface area contributed by atoms with Crippen LogP contribution in [-0.4, -0.2) is 54.4 Å². The van der Waals surface area contributed by atoms with Gasteiger partial charge in [0.05, 0.1) is 30.4 Å². The Morgan fingerprint density at radius 1 is 1.57 bits per heavy atom. The number of amides is 1. The van der Waals surface area contributed by atoms with E-state index in [1.807, 2.05) is 11.8 Å². The number of carbonyl (C=O) groups excluding carboxylic acids is 1. The SMILES string of the molecule is CC1CN(CC(=O)Nc2ccc(F)c(Cl)c2)CC(CO)O1. The van der Waals surface area contributed by atoms with Gasteiger partial charge in [0.2, 0.25) is 5.91 Å². The van der Waals surface area contributed by atoms with E-state index in [0.29, 0.717) is 18.8 Å². The van der Waals surface area contributed by atoms with Crippen LogP contribution in [0.25, 0.3) is 0 Å². The van der Waals surface area contributed by atoms with Crippen molar-refractivity contribution in [2.75, 3.05) is 31.6 Å². The molecule has 0 saturated carbocycles. The molecule has 0 radical (unpaired) electrons. The molecular weight excluding hydrogens is 299 g/mol. The van der Waals surface area contributed by atoms with Crippen LogP contribution in [0.15, 0.2) is 18.2 Å². The molecule has 0 bridgehead atoms. The highest BCUT2D eigenvalue weighted by Gasteiger charge is 2.25. The Kier molecular flexibility index (Phi) is 5.52. The van der Waals surface area contributed by atoms with Crippen LogP contribution in [0.1, 0.15) is 6.92 Å². The fourth-order valence-corrected chi connectivity index (χ4v) is 2.53. The first kappa shape index (κ1) is 16.2. The molecule has 21 heavy (non-hydrogen) atoms. The summed E-state index contributed by atoms with van der Waals surface area (Å²) in [5.41, 5.74) is 0.450. The molecule has 1 heterocycles. The highest BCUT2D eigenvalue weighted by atomic mass is 35.5. The second-order valence-corrected chi connectivity index (χ2v) is 5.53. The van der Waals surface area contributed by atoms with E-state index in [4.69, 9.17) is 21.4 Å². The molecule has 7 heteroatoms. The molecule has 2 atom stereocenters. The lowest BCUT2D eigenvalue weighted by atomic mass is 10.2. The van der Waals surface area contributed by atoms with Crippen molar-refractivity contribution in [2.24, 2.45) is 0 Å². The predicted molar refractivity (Wildman–Crippen MR) is 77.9 cm³/mol. The van der Waals surface area contributed by atoms with Crippen LogP contribution in [0.4, 0.5) is 10.1 Å². The van der Waals surface area contributed by atoms with E-state index in [1.54, 1.807) is 0 Å². The molecule has 0 spiro atoms. The molecule has 0 aromatic heterocycles. The van der Waals surface area contributed by atoms with E-state index in [9.17, 15) is 9.18 Å². The number of aliphatic hydroxyl groups excluding tert-OH is 1. The van der Waals surface area contributed by atoms with Gasteiger partial charge in [-0.2, -0.15) is 0 Å². The van der Waals surface area contributed by atoms with Crippen molar-refractivity contribution < 1.29 is 19.0 Å². The number of halogens is 2. The summed E-state index contributed by atoms with van der Waals surface area (Å²) in [6.45, 7) is 3.12. The molecule has 2 rings (SSSR count). The first-order valence-electron chi connectivity index (χ1n) is 6.71. The van der Waals surface area contributed by atoms with Crippen LogP contribution >= 0.6 is 11.6 Å². The van der Waals surface area contributed by atoms with E-state index < -0.39 is 5.82 Å². The van der Waals surface area contributed by atoms with Gasteiger partial charge >= 0.3 is 0 Å². The molecule has 0 aliphatic carbocycles. The second kappa shape index (κ2) is 7.17. The molecule has 116 valence electrons. The number of rotatable bonds is 4. The van der Waals surface area contributed by atoms with Gasteiger partial charge in [-0.25, -0.2) is 4.39 Å². The minimum Gasteiger partial charge on any atom is -0.394 e. The van der Waals surface area contributed by atoms with Crippen LogP contribution in [-0.2, 0) is 9.53 Å². The number of ether oxygens (including phenoxy) is 1. The second-order valence-electron chi connectivity index (χ2n) is 5.12. The fourth-order valence-electron chi connectivity index (χ4n) is 2.35. The van der Waals surface area contributed by atoms with E-state index in [0.717, 1.165) is 0 Å². The van der Waals surface area contributed by atoms with Gasteiger partial charge in [0.25, 0.3) is 0 Å². The average Bonchev–Trinajstić information content (AvgIpc) is 2.42. The molecular formula is C14H18ClFN2O3. The third-order valence-corrected chi connectivity index (χ3v) is 3.47. The Morgan fingerprint density at radius 3 is 3.00 bits per heavy atom. The third kappa shape index (κ3) is 4.64. The highest BCUT2D eigenvalue weighted by molar-refractivity contribution is 6.31. The van der Waals surface area contributed by atoms with Gasteiger partial charge in [0, 0.05) is 18.8 Å². The number of anilines is 1. The number of nitrogens with zero attached hydrogens (tertiary/aromatic N) is 1. The molecule has 1 aromatic carbocycles. The van der Waals surface area contributed by atoms with Crippen molar-refractivity contribution in [3.63, 3.8) is 0 Å². The summed E-state index contributed by atoms with van der Waals surface area (Å²) in [6.07, 6.45) is -0.314. The lowest BCUT2D eigenvalue weighted by molar-refractivity contribution is -0.124. The lowest BCUT2D eigenvalue weighted by Crippen LogP contribution is -2.50. The Balaban J connectivity index is 1.90. The summed E-state index contributed by atoms with van der Waals surface area (Å²) in [5, 5.41) is 11.8.